The molecule has 2 unspecified atom stereocenters. The Bertz CT molecular complexity index is 460. The number of hydrogen-bond acceptors (Lipinski definition) is 6. The van der Waals surface area contributed by atoms with Gasteiger partial charge in [-0.25, -0.2) is 10.0 Å². The van der Waals surface area contributed by atoms with E-state index >= 15 is 0 Å². The first kappa shape index (κ1) is 13.4. The molecule has 0 saturated carbocycles. The van der Waals surface area contributed by atoms with Crippen molar-refractivity contribution in [2.75, 3.05) is 26.2 Å². The summed E-state index contributed by atoms with van der Waals surface area (Å²) >= 11 is 0. The van der Waals surface area contributed by atoms with Crippen molar-refractivity contribution in [2.24, 2.45) is 10.7 Å². The highest BCUT2D eigenvalue weighted by atomic mass is 15.6. The van der Waals surface area contributed by atoms with Crippen LogP contribution in [-0.2, 0) is 0 Å². The molecule has 3 aliphatic heterocycles. The van der Waals surface area contributed by atoms with Crippen molar-refractivity contribution >= 4 is 6.34 Å². The molecular formula is C14H22N6. The largest absolute Gasteiger partial charge is 0.353 e. The molecule has 0 aliphatic carbocycles. The van der Waals surface area contributed by atoms with E-state index in [1.54, 1.807) is 6.34 Å². The standard InChI is InChI=1S/C14H22N6/c1-12-2-7-20(19-8-5-16-6-9-19)13(10-12)14(15)3-4-17-11-18-14/h2-4,7,10-11,13,16H,5-6,8-9,15H2,1H3,(H,17,18). The Labute approximate surface area is 119 Å². The Hall–Kier alpha value is -1.63. The summed E-state index contributed by atoms with van der Waals surface area (Å²) in [6.45, 7) is 6.05. The lowest BCUT2D eigenvalue weighted by atomic mass is 9.96. The van der Waals surface area contributed by atoms with Gasteiger partial charge in [0.05, 0.1) is 6.34 Å². The average Bonchev–Trinajstić information content (AvgIpc) is 2.49. The molecule has 0 aromatic rings. The number of aliphatic imine (C=N–C) groups is 1. The maximum absolute atomic E-state index is 6.51. The molecule has 0 spiro atoms. The van der Waals surface area contributed by atoms with Crippen molar-refractivity contribution in [2.45, 2.75) is 18.6 Å². The van der Waals surface area contributed by atoms with Gasteiger partial charge in [0.1, 0.15) is 6.04 Å². The number of piperazine rings is 1. The molecule has 6 nitrogen and oxygen atoms in total. The van der Waals surface area contributed by atoms with Gasteiger partial charge in [0.15, 0.2) is 5.66 Å². The van der Waals surface area contributed by atoms with Crippen LogP contribution in [0.4, 0.5) is 0 Å². The van der Waals surface area contributed by atoms with Gasteiger partial charge in [0.25, 0.3) is 0 Å². The Morgan fingerprint density at radius 3 is 2.90 bits per heavy atom. The minimum absolute atomic E-state index is 0.000185. The fraction of sp³-hybridized carbons (Fsp3) is 0.500. The van der Waals surface area contributed by atoms with E-state index < -0.39 is 5.66 Å². The van der Waals surface area contributed by atoms with Gasteiger partial charge < -0.3 is 21.4 Å². The second kappa shape index (κ2) is 5.40. The van der Waals surface area contributed by atoms with E-state index in [1.165, 1.54) is 5.57 Å². The molecule has 0 aromatic heterocycles. The highest BCUT2D eigenvalue weighted by molar-refractivity contribution is 5.59. The average molecular weight is 274 g/mol. The number of nitrogens with two attached hydrogens (primary N) is 1. The van der Waals surface area contributed by atoms with Crippen molar-refractivity contribution in [1.82, 2.24) is 20.7 Å². The summed E-state index contributed by atoms with van der Waals surface area (Å²) in [6.07, 6.45) is 11.9. The quantitative estimate of drug-likeness (QED) is 0.648. The summed E-state index contributed by atoms with van der Waals surface area (Å²) in [7, 11) is 0. The van der Waals surface area contributed by atoms with Crippen LogP contribution in [0, 0.1) is 0 Å². The minimum atomic E-state index is -0.734. The highest BCUT2D eigenvalue weighted by Crippen LogP contribution is 2.26. The van der Waals surface area contributed by atoms with Gasteiger partial charge in [-0.15, -0.1) is 0 Å². The number of hydrogen-bond donors (Lipinski definition) is 3. The maximum atomic E-state index is 6.51. The normalized spacial score (nSPS) is 34.0. The van der Waals surface area contributed by atoms with E-state index in [4.69, 9.17) is 5.73 Å². The predicted molar refractivity (Wildman–Crippen MR) is 80.7 cm³/mol. The molecule has 1 saturated heterocycles. The van der Waals surface area contributed by atoms with Gasteiger partial charge in [0.2, 0.25) is 0 Å². The van der Waals surface area contributed by atoms with Crippen LogP contribution in [-0.4, -0.2) is 54.2 Å². The van der Waals surface area contributed by atoms with Crippen LogP contribution in [0.5, 0.6) is 0 Å². The number of allylic oxidation sites excluding steroid dienone is 2. The smallest absolute Gasteiger partial charge is 0.155 e. The third-order valence-electron chi connectivity index (χ3n) is 3.90. The van der Waals surface area contributed by atoms with Crippen LogP contribution in [0.1, 0.15) is 6.92 Å². The van der Waals surface area contributed by atoms with Crippen LogP contribution in [0.15, 0.2) is 41.2 Å². The summed E-state index contributed by atoms with van der Waals surface area (Å²) < 4.78 is 0. The molecular weight excluding hydrogens is 252 g/mol. The van der Waals surface area contributed by atoms with Crippen LogP contribution >= 0.6 is 0 Å². The van der Waals surface area contributed by atoms with Crippen molar-refractivity contribution in [3.8, 4) is 0 Å². The maximum Gasteiger partial charge on any atom is 0.155 e. The second-order valence-corrected chi connectivity index (χ2v) is 5.40. The topological polar surface area (TPSA) is 68.9 Å². The summed E-state index contributed by atoms with van der Waals surface area (Å²) in [5.74, 6) is 0. The number of nitrogens with zero attached hydrogens (tertiary/aromatic N) is 3. The Kier molecular flexibility index (Phi) is 3.60. The highest BCUT2D eigenvalue weighted by Gasteiger charge is 2.38. The van der Waals surface area contributed by atoms with Gasteiger partial charge in [-0.2, -0.15) is 0 Å². The Balaban J connectivity index is 1.88. The Morgan fingerprint density at radius 2 is 2.20 bits per heavy atom. The lowest BCUT2D eigenvalue weighted by Gasteiger charge is -2.46. The molecule has 0 radical (unpaired) electrons. The van der Waals surface area contributed by atoms with E-state index in [-0.39, 0.29) is 6.04 Å². The molecule has 0 bridgehead atoms. The van der Waals surface area contributed by atoms with Gasteiger partial charge in [0, 0.05) is 38.6 Å². The molecule has 6 heteroatoms. The molecule has 108 valence electrons. The van der Waals surface area contributed by atoms with E-state index in [0.717, 1.165) is 26.2 Å². The first-order valence-electron chi connectivity index (χ1n) is 7.06. The van der Waals surface area contributed by atoms with Crippen LogP contribution in [0.2, 0.25) is 0 Å². The molecule has 0 amide bonds. The molecule has 0 aromatic carbocycles. The molecule has 3 aliphatic rings. The third-order valence-corrected chi connectivity index (χ3v) is 3.90. The van der Waals surface area contributed by atoms with Crippen molar-refractivity contribution in [3.05, 3.63) is 36.2 Å². The Morgan fingerprint density at radius 1 is 1.40 bits per heavy atom. The molecule has 20 heavy (non-hydrogen) atoms. The van der Waals surface area contributed by atoms with Crippen molar-refractivity contribution in [3.63, 3.8) is 0 Å². The number of rotatable bonds is 2. The summed E-state index contributed by atoms with van der Waals surface area (Å²) in [6, 6.07) is 0.000185. The van der Waals surface area contributed by atoms with E-state index in [9.17, 15) is 0 Å². The fourth-order valence-corrected chi connectivity index (χ4v) is 2.76. The molecule has 1 fully saturated rings. The van der Waals surface area contributed by atoms with Crippen LogP contribution < -0.4 is 16.4 Å². The van der Waals surface area contributed by atoms with Gasteiger partial charge in [-0.05, 0) is 19.1 Å². The van der Waals surface area contributed by atoms with Crippen molar-refractivity contribution < 1.29 is 0 Å². The van der Waals surface area contributed by atoms with Gasteiger partial charge in [-0.1, -0.05) is 11.6 Å². The zero-order chi connectivity index (χ0) is 14.0. The summed E-state index contributed by atoms with van der Waals surface area (Å²) in [5, 5.41) is 10.9. The number of nitrogens with one attached hydrogen (secondary N) is 2. The van der Waals surface area contributed by atoms with E-state index in [2.05, 4.69) is 50.9 Å². The lowest BCUT2D eigenvalue weighted by Crippen LogP contribution is -2.62. The fourth-order valence-electron chi connectivity index (χ4n) is 2.76. The SMILES string of the molecule is CC1=CC(C2(N)C=CNC=N2)N(N2CCNCC2)C=C1. The number of hydrazine groups is 1. The second-order valence-electron chi connectivity index (χ2n) is 5.40. The first-order chi connectivity index (χ1) is 9.69. The van der Waals surface area contributed by atoms with E-state index in [0.29, 0.717) is 0 Å². The van der Waals surface area contributed by atoms with Gasteiger partial charge in [-0.3, -0.25) is 0 Å². The minimum Gasteiger partial charge on any atom is -0.353 e. The summed E-state index contributed by atoms with van der Waals surface area (Å²) in [4.78, 5) is 4.46. The zero-order valence-corrected chi connectivity index (χ0v) is 11.8. The molecule has 2 atom stereocenters. The zero-order valence-electron chi connectivity index (χ0n) is 11.8. The lowest BCUT2D eigenvalue weighted by molar-refractivity contribution is -0.0273. The monoisotopic (exact) mass is 274 g/mol. The van der Waals surface area contributed by atoms with Gasteiger partial charge >= 0.3 is 0 Å². The van der Waals surface area contributed by atoms with E-state index in [1.807, 2.05) is 12.3 Å². The molecule has 3 rings (SSSR count). The molecule has 3 heterocycles. The molecule has 4 N–H and O–H groups in total. The third kappa shape index (κ3) is 2.49. The van der Waals surface area contributed by atoms with Crippen molar-refractivity contribution in [1.29, 1.82) is 0 Å². The van der Waals surface area contributed by atoms with Crippen LogP contribution in [0.3, 0.4) is 0 Å². The summed E-state index contributed by atoms with van der Waals surface area (Å²) in [5.41, 5.74) is 6.99. The van der Waals surface area contributed by atoms with Crippen LogP contribution in [0.25, 0.3) is 0 Å². The predicted octanol–water partition coefficient (Wildman–Crippen LogP) is -0.249. The first-order valence-corrected chi connectivity index (χ1v) is 7.06.